The second-order valence-corrected chi connectivity index (χ2v) is 6.86. The maximum atomic E-state index is 5.12. The third-order valence-electron chi connectivity index (χ3n) is 4.11. The van der Waals surface area contributed by atoms with Crippen molar-refractivity contribution in [3.8, 4) is 0 Å². The van der Waals surface area contributed by atoms with Crippen molar-refractivity contribution in [1.82, 2.24) is 25.4 Å². The Balaban J connectivity index is 0.00000243. The summed E-state index contributed by atoms with van der Waals surface area (Å²) in [4.78, 5) is 9.23. The molecule has 3 heterocycles. The number of halogens is 1. The predicted molar refractivity (Wildman–Crippen MR) is 115 cm³/mol. The molecule has 0 aliphatic carbocycles. The van der Waals surface area contributed by atoms with Crippen LogP contribution in [-0.4, -0.2) is 47.0 Å². The van der Waals surface area contributed by atoms with Crippen LogP contribution in [0.15, 0.2) is 21.8 Å². The number of fused-ring (bicyclic) bond motifs is 1. The maximum absolute atomic E-state index is 5.12. The highest BCUT2D eigenvalue weighted by atomic mass is 127. The minimum Gasteiger partial charge on any atom is -0.377 e. The Morgan fingerprint density at radius 2 is 2.38 bits per heavy atom. The average molecular weight is 490 g/mol. The van der Waals surface area contributed by atoms with Gasteiger partial charge in [-0.2, -0.15) is 16.4 Å². The summed E-state index contributed by atoms with van der Waals surface area (Å²) in [5, 5.41) is 15.7. The largest absolute Gasteiger partial charge is 0.377 e. The van der Waals surface area contributed by atoms with Gasteiger partial charge in [-0.05, 0) is 42.2 Å². The molecule has 0 saturated heterocycles. The van der Waals surface area contributed by atoms with Crippen LogP contribution >= 0.6 is 35.3 Å². The first-order chi connectivity index (χ1) is 12.3. The lowest BCUT2D eigenvalue weighted by molar-refractivity contribution is 0.177. The zero-order chi connectivity index (χ0) is 17.5. The smallest absolute Gasteiger partial charge is 0.191 e. The van der Waals surface area contributed by atoms with Crippen molar-refractivity contribution < 1.29 is 4.74 Å². The van der Waals surface area contributed by atoms with Crippen LogP contribution in [0.3, 0.4) is 0 Å². The molecule has 26 heavy (non-hydrogen) atoms. The number of ether oxygens (including phenoxy) is 1. The van der Waals surface area contributed by atoms with Crippen LogP contribution in [0.25, 0.3) is 0 Å². The summed E-state index contributed by atoms with van der Waals surface area (Å²) >= 11 is 1.73. The summed E-state index contributed by atoms with van der Waals surface area (Å²) in [6.45, 7) is 4.99. The Morgan fingerprint density at radius 3 is 3.12 bits per heavy atom. The van der Waals surface area contributed by atoms with Crippen LogP contribution in [0.5, 0.6) is 0 Å². The number of nitrogens with one attached hydrogen (secondary N) is 2. The predicted octanol–water partition coefficient (Wildman–Crippen LogP) is 2.22. The van der Waals surface area contributed by atoms with Crippen molar-refractivity contribution in [1.29, 1.82) is 0 Å². The van der Waals surface area contributed by atoms with Crippen molar-refractivity contribution in [3.05, 3.63) is 34.0 Å². The highest BCUT2D eigenvalue weighted by Gasteiger charge is 2.22. The third kappa shape index (κ3) is 5.92. The number of aromatic nitrogens is 3. The van der Waals surface area contributed by atoms with E-state index < -0.39 is 0 Å². The molecule has 0 spiro atoms. The number of thiophene rings is 1. The molecular formula is C17H27IN6OS. The lowest BCUT2D eigenvalue weighted by Gasteiger charge is -2.25. The van der Waals surface area contributed by atoms with E-state index in [0.717, 1.165) is 56.5 Å². The van der Waals surface area contributed by atoms with E-state index in [4.69, 9.17) is 9.73 Å². The maximum Gasteiger partial charge on any atom is 0.191 e. The number of aliphatic imine (C=N–C) groups is 1. The van der Waals surface area contributed by atoms with E-state index in [1.807, 2.05) is 4.68 Å². The van der Waals surface area contributed by atoms with Gasteiger partial charge in [0.05, 0.1) is 6.54 Å². The SMILES string of the molecule is CCNC(=NCCc1ccsc1)NC1CCc2nc(COC)nn2C1.I. The topological polar surface area (TPSA) is 76.4 Å². The van der Waals surface area contributed by atoms with E-state index in [9.17, 15) is 0 Å². The fourth-order valence-corrected chi connectivity index (χ4v) is 3.62. The molecule has 144 valence electrons. The lowest BCUT2D eigenvalue weighted by Crippen LogP contribution is -2.47. The number of hydrogen-bond donors (Lipinski definition) is 2. The first kappa shape index (κ1) is 21.1. The van der Waals surface area contributed by atoms with Crippen LogP contribution in [0.2, 0.25) is 0 Å². The van der Waals surface area contributed by atoms with Crippen molar-refractivity contribution in [2.45, 2.75) is 45.4 Å². The number of nitrogens with zero attached hydrogens (tertiary/aromatic N) is 4. The van der Waals surface area contributed by atoms with Gasteiger partial charge < -0.3 is 15.4 Å². The minimum absolute atomic E-state index is 0. The first-order valence-electron chi connectivity index (χ1n) is 8.76. The zero-order valence-electron chi connectivity index (χ0n) is 15.3. The molecule has 0 amide bonds. The Bertz CT molecular complexity index is 687. The van der Waals surface area contributed by atoms with Crippen LogP contribution in [0, 0.1) is 0 Å². The number of guanidine groups is 1. The molecule has 7 nitrogen and oxygen atoms in total. The van der Waals surface area contributed by atoms with E-state index in [2.05, 4.69) is 44.5 Å². The molecule has 0 radical (unpaired) electrons. The molecular weight excluding hydrogens is 463 g/mol. The quantitative estimate of drug-likeness (QED) is 0.354. The van der Waals surface area contributed by atoms with E-state index in [0.29, 0.717) is 12.6 Å². The Labute approximate surface area is 175 Å². The van der Waals surface area contributed by atoms with E-state index in [1.165, 1.54) is 5.56 Å². The summed E-state index contributed by atoms with van der Waals surface area (Å²) in [6, 6.07) is 2.47. The molecule has 1 aliphatic heterocycles. The highest BCUT2D eigenvalue weighted by Crippen LogP contribution is 2.13. The molecule has 1 atom stereocenters. The van der Waals surface area contributed by atoms with Gasteiger partial charge in [0.15, 0.2) is 11.8 Å². The van der Waals surface area contributed by atoms with Gasteiger partial charge in [-0.1, -0.05) is 0 Å². The lowest BCUT2D eigenvalue weighted by atomic mass is 10.1. The fourth-order valence-electron chi connectivity index (χ4n) is 2.91. The normalized spacial score (nSPS) is 16.7. The fraction of sp³-hybridized carbons (Fsp3) is 0.588. The molecule has 2 aromatic heterocycles. The molecule has 0 fully saturated rings. The minimum atomic E-state index is 0. The molecule has 1 aliphatic rings. The highest BCUT2D eigenvalue weighted by molar-refractivity contribution is 14.0. The molecule has 1 unspecified atom stereocenters. The average Bonchev–Trinajstić information content (AvgIpc) is 3.24. The molecule has 9 heteroatoms. The van der Waals surface area contributed by atoms with Crippen molar-refractivity contribution in [2.24, 2.45) is 4.99 Å². The van der Waals surface area contributed by atoms with Crippen molar-refractivity contribution in [3.63, 3.8) is 0 Å². The Hall–Kier alpha value is -1.20. The van der Waals surface area contributed by atoms with Gasteiger partial charge in [-0.3, -0.25) is 4.99 Å². The number of aryl methyl sites for hydroxylation is 1. The van der Waals surface area contributed by atoms with Gasteiger partial charge in [0, 0.05) is 32.7 Å². The second-order valence-electron chi connectivity index (χ2n) is 6.08. The molecule has 2 N–H and O–H groups in total. The van der Waals surface area contributed by atoms with Crippen molar-refractivity contribution in [2.75, 3.05) is 20.2 Å². The summed E-state index contributed by atoms with van der Waals surface area (Å²) < 4.78 is 7.11. The molecule has 0 bridgehead atoms. The van der Waals surface area contributed by atoms with E-state index >= 15 is 0 Å². The molecule has 0 saturated carbocycles. The summed E-state index contributed by atoms with van der Waals surface area (Å²) in [5.41, 5.74) is 1.35. The van der Waals surface area contributed by atoms with E-state index in [-0.39, 0.29) is 24.0 Å². The second kappa shape index (κ2) is 10.8. The summed E-state index contributed by atoms with van der Waals surface area (Å²) in [6.07, 6.45) is 2.92. The van der Waals surface area contributed by atoms with E-state index in [1.54, 1.807) is 18.4 Å². The molecule has 2 aromatic rings. The van der Waals surface area contributed by atoms with Gasteiger partial charge in [0.2, 0.25) is 0 Å². The van der Waals surface area contributed by atoms with Gasteiger partial charge >= 0.3 is 0 Å². The summed E-state index contributed by atoms with van der Waals surface area (Å²) in [7, 11) is 1.67. The number of hydrogen-bond acceptors (Lipinski definition) is 5. The zero-order valence-corrected chi connectivity index (χ0v) is 18.4. The summed E-state index contributed by atoms with van der Waals surface area (Å²) in [5.74, 6) is 2.68. The van der Waals surface area contributed by atoms with Gasteiger partial charge in [-0.25, -0.2) is 9.67 Å². The monoisotopic (exact) mass is 490 g/mol. The first-order valence-corrected chi connectivity index (χ1v) is 9.70. The molecule has 3 rings (SSSR count). The number of methoxy groups -OCH3 is 1. The van der Waals surface area contributed by atoms with Crippen LogP contribution < -0.4 is 10.6 Å². The van der Waals surface area contributed by atoms with Crippen LogP contribution in [-0.2, 0) is 30.7 Å². The van der Waals surface area contributed by atoms with Gasteiger partial charge in [-0.15, -0.1) is 24.0 Å². The standard InChI is InChI=1S/C17H26N6OS.HI/c1-3-18-17(19-8-6-13-7-9-25-12-13)20-14-4-5-16-21-15(11-24-2)22-23(16)10-14;/h7,9,12,14H,3-6,8,10-11H2,1-2H3,(H2,18,19,20);1H. The molecule has 0 aromatic carbocycles. The van der Waals surface area contributed by atoms with Crippen molar-refractivity contribution >= 4 is 41.3 Å². The van der Waals surface area contributed by atoms with Gasteiger partial charge in [0.25, 0.3) is 0 Å². The van der Waals surface area contributed by atoms with Crippen LogP contribution in [0.4, 0.5) is 0 Å². The van der Waals surface area contributed by atoms with Gasteiger partial charge in [0.1, 0.15) is 12.4 Å². The van der Waals surface area contributed by atoms with Crippen LogP contribution in [0.1, 0.15) is 30.6 Å². The Kier molecular flexibility index (Phi) is 8.79. The number of rotatable bonds is 7. The Morgan fingerprint density at radius 1 is 1.50 bits per heavy atom. The third-order valence-corrected chi connectivity index (χ3v) is 4.84.